The second-order valence-electron chi connectivity index (χ2n) is 7.80. The Hall–Kier alpha value is -4.00. The summed E-state index contributed by atoms with van der Waals surface area (Å²) >= 11 is 0. The van der Waals surface area contributed by atoms with E-state index in [0.717, 1.165) is 18.4 Å². The quantitative estimate of drug-likeness (QED) is 0.242. The number of aliphatic hydroxyl groups excluding tert-OH is 1. The summed E-state index contributed by atoms with van der Waals surface area (Å²) in [5.41, 5.74) is 1.97. The molecule has 0 aliphatic carbocycles. The van der Waals surface area contributed by atoms with Crippen LogP contribution < -0.4 is 4.74 Å². The highest BCUT2D eigenvalue weighted by atomic mass is 16.5. The summed E-state index contributed by atoms with van der Waals surface area (Å²) in [6.45, 7) is 2.89. The number of hydrogen-bond acceptors (Lipinski definition) is 6. The van der Waals surface area contributed by atoms with Crippen LogP contribution in [-0.2, 0) is 16.1 Å². The number of hydrogen-bond donors (Lipinski definition) is 1. The van der Waals surface area contributed by atoms with Crippen molar-refractivity contribution in [1.82, 2.24) is 14.9 Å². The van der Waals surface area contributed by atoms with Crippen LogP contribution in [0.4, 0.5) is 0 Å². The number of pyridine rings is 2. The summed E-state index contributed by atoms with van der Waals surface area (Å²) < 4.78 is 5.68. The number of amides is 1. The molecule has 4 rings (SSSR count). The highest BCUT2D eigenvalue weighted by molar-refractivity contribution is 6.46. The molecule has 1 saturated heterocycles. The number of rotatable bonds is 8. The third-order valence-electron chi connectivity index (χ3n) is 5.53. The Balaban J connectivity index is 1.72. The van der Waals surface area contributed by atoms with Gasteiger partial charge in [-0.15, -0.1) is 0 Å². The minimum Gasteiger partial charge on any atom is -0.507 e. The van der Waals surface area contributed by atoms with Gasteiger partial charge in [-0.05, 0) is 60.0 Å². The number of benzene rings is 1. The van der Waals surface area contributed by atoms with Gasteiger partial charge in [-0.1, -0.05) is 19.4 Å². The van der Waals surface area contributed by atoms with Crippen molar-refractivity contribution in [3.63, 3.8) is 0 Å². The number of ketones is 1. The minimum absolute atomic E-state index is 0.0507. The first-order valence-electron chi connectivity index (χ1n) is 10.9. The standard InChI is InChI=1S/C26H25N3O4/c1-2-3-15-33-21-8-6-20(7-9-21)24(30)22-23(19-10-13-27-14-11-19)29(26(32)25(22)31)17-18-5-4-12-28-16-18/h4-14,16,23,30H,2-3,15,17H2,1H3/b24-22+/t23-/m0/s1. The van der Waals surface area contributed by atoms with Crippen LogP contribution >= 0.6 is 0 Å². The van der Waals surface area contributed by atoms with Crippen LogP contribution in [0.3, 0.4) is 0 Å². The Labute approximate surface area is 192 Å². The lowest BCUT2D eigenvalue weighted by Crippen LogP contribution is -2.29. The number of aliphatic hydroxyl groups is 1. The SMILES string of the molecule is CCCCOc1ccc(/C(O)=C2\C(=O)C(=O)N(Cc3cccnc3)[C@H]2c2ccncc2)cc1. The van der Waals surface area contributed by atoms with Crippen molar-refractivity contribution >= 4 is 17.4 Å². The van der Waals surface area contributed by atoms with Crippen molar-refractivity contribution in [2.24, 2.45) is 0 Å². The monoisotopic (exact) mass is 443 g/mol. The van der Waals surface area contributed by atoms with Crippen LogP contribution in [0, 0.1) is 0 Å². The second-order valence-corrected chi connectivity index (χ2v) is 7.80. The Bertz CT molecular complexity index is 1150. The summed E-state index contributed by atoms with van der Waals surface area (Å²) in [5, 5.41) is 11.1. The second kappa shape index (κ2) is 10.1. The molecule has 0 radical (unpaired) electrons. The third-order valence-corrected chi connectivity index (χ3v) is 5.53. The lowest BCUT2D eigenvalue weighted by molar-refractivity contribution is -0.140. The van der Waals surface area contributed by atoms with Crippen molar-refractivity contribution in [3.8, 4) is 5.75 Å². The van der Waals surface area contributed by atoms with Gasteiger partial charge < -0.3 is 14.7 Å². The van der Waals surface area contributed by atoms with E-state index in [4.69, 9.17) is 4.74 Å². The zero-order valence-corrected chi connectivity index (χ0v) is 18.3. The van der Waals surface area contributed by atoms with Gasteiger partial charge in [-0.3, -0.25) is 19.6 Å². The predicted molar refractivity (Wildman–Crippen MR) is 123 cm³/mol. The van der Waals surface area contributed by atoms with Gasteiger partial charge in [0.2, 0.25) is 0 Å². The van der Waals surface area contributed by atoms with E-state index < -0.39 is 17.7 Å². The summed E-state index contributed by atoms with van der Waals surface area (Å²) in [7, 11) is 0. The molecule has 168 valence electrons. The van der Waals surface area contributed by atoms with E-state index in [1.165, 1.54) is 4.90 Å². The van der Waals surface area contributed by atoms with E-state index >= 15 is 0 Å². The molecule has 1 aliphatic heterocycles. The number of carbonyl (C=O) groups excluding carboxylic acids is 2. The highest BCUT2D eigenvalue weighted by Crippen LogP contribution is 2.40. The normalized spacial score (nSPS) is 17.4. The number of likely N-dealkylation sites (tertiary alicyclic amines) is 1. The fourth-order valence-corrected chi connectivity index (χ4v) is 3.82. The van der Waals surface area contributed by atoms with Gasteiger partial charge in [-0.25, -0.2) is 0 Å². The molecule has 1 atom stereocenters. The molecule has 2 aromatic heterocycles. The molecule has 0 saturated carbocycles. The van der Waals surface area contributed by atoms with Crippen molar-refractivity contribution < 1.29 is 19.4 Å². The summed E-state index contributed by atoms with van der Waals surface area (Å²) in [6, 6.07) is 13.2. The van der Waals surface area contributed by atoms with E-state index in [9.17, 15) is 14.7 Å². The Morgan fingerprint density at radius 3 is 2.45 bits per heavy atom. The van der Waals surface area contributed by atoms with E-state index in [0.29, 0.717) is 23.5 Å². The smallest absolute Gasteiger partial charge is 0.295 e. The molecule has 1 aliphatic rings. The number of ether oxygens (including phenoxy) is 1. The molecule has 0 spiro atoms. The fraction of sp³-hybridized carbons (Fsp3) is 0.231. The van der Waals surface area contributed by atoms with E-state index in [1.807, 2.05) is 6.07 Å². The third kappa shape index (κ3) is 4.77. The van der Waals surface area contributed by atoms with Gasteiger partial charge in [0.25, 0.3) is 11.7 Å². The zero-order valence-electron chi connectivity index (χ0n) is 18.3. The molecule has 7 heteroatoms. The first-order chi connectivity index (χ1) is 16.1. The van der Waals surface area contributed by atoms with Crippen LogP contribution in [0.1, 0.15) is 42.5 Å². The minimum atomic E-state index is -0.742. The molecular formula is C26H25N3O4. The maximum atomic E-state index is 13.1. The Morgan fingerprint density at radius 2 is 1.79 bits per heavy atom. The maximum absolute atomic E-state index is 13.1. The largest absolute Gasteiger partial charge is 0.507 e. The topological polar surface area (TPSA) is 92.6 Å². The van der Waals surface area contributed by atoms with Crippen LogP contribution in [0.2, 0.25) is 0 Å². The highest BCUT2D eigenvalue weighted by Gasteiger charge is 2.46. The van der Waals surface area contributed by atoms with Crippen molar-refractivity contribution in [1.29, 1.82) is 0 Å². The molecule has 3 aromatic rings. The lowest BCUT2D eigenvalue weighted by atomic mass is 9.96. The Morgan fingerprint density at radius 1 is 1.03 bits per heavy atom. The van der Waals surface area contributed by atoms with E-state index in [-0.39, 0.29) is 17.9 Å². The van der Waals surface area contributed by atoms with Crippen molar-refractivity contribution in [2.75, 3.05) is 6.61 Å². The Kier molecular flexibility index (Phi) is 6.78. The van der Waals surface area contributed by atoms with Gasteiger partial charge in [0.1, 0.15) is 11.5 Å². The molecule has 1 N–H and O–H groups in total. The first-order valence-corrected chi connectivity index (χ1v) is 10.9. The zero-order chi connectivity index (χ0) is 23.2. The molecule has 0 unspecified atom stereocenters. The number of carbonyl (C=O) groups is 2. The van der Waals surface area contributed by atoms with Gasteiger partial charge in [0.05, 0.1) is 18.2 Å². The summed E-state index contributed by atoms with van der Waals surface area (Å²) in [6.07, 6.45) is 8.48. The lowest BCUT2D eigenvalue weighted by Gasteiger charge is -2.25. The van der Waals surface area contributed by atoms with Crippen LogP contribution in [0.15, 0.2) is 78.9 Å². The molecular weight excluding hydrogens is 418 g/mol. The molecule has 0 bridgehead atoms. The first kappa shape index (κ1) is 22.2. The number of Topliss-reactive ketones (excluding diaryl/α,β-unsaturated/α-hetero) is 1. The maximum Gasteiger partial charge on any atom is 0.295 e. The molecule has 3 heterocycles. The molecule has 7 nitrogen and oxygen atoms in total. The van der Waals surface area contributed by atoms with Gasteiger partial charge in [0, 0.05) is 36.9 Å². The number of unbranched alkanes of at least 4 members (excludes halogenated alkanes) is 1. The average Bonchev–Trinajstić information content (AvgIpc) is 3.10. The van der Waals surface area contributed by atoms with Crippen LogP contribution in [-0.4, -0.2) is 38.3 Å². The summed E-state index contributed by atoms with van der Waals surface area (Å²) in [4.78, 5) is 35.7. The van der Waals surface area contributed by atoms with E-state index in [1.54, 1.807) is 67.3 Å². The van der Waals surface area contributed by atoms with Crippen LogP contribution in [0.25, 0.3) is 5.76 Å². The number of nitrogens with zero attached hydrogens (tertiary/aromatic N) is 3. The van der Waals surface area contributed by atoms with E-state index in [2.05, 4.69) is 16.9 Å². The number of aromatic nitrogens is 2. The molecule has 1 fully saturated rings. The van der Waals surface area contributed by atoms with Gasteiger partial charge in [0.15, 0.2) is 0 Å². The van der Waals surface area contributed by atoms with Gasteiger partial charge >= 0.3 is 0 Å². The van der Waals surface area contributed by atoms with Crippen LogP contribution in [0.5, 0.6) is 5.75 Å². The fourth-order valence-electron chi connectivity index (χ4n) is 3.82. The van der Waals surface area contributed by atoms with Crippen molar-refractivity contribution in [3.05, 3.63) is 95.6 Å². The summed E-state index contributed by atoms with van der Waals surface area (Å²) in [5.74, 6) is -0.921. The van der Waals surface area contributed by atoms with Crippen molar-refractivity contribution in [2.45, 2.75) is 32.4 Å². The predicted octanol–water partition coefficient (Wildman–Crippen LogP) is 4.28. The van der Waals surface area contributed by atoms with Gasteiger partial charge in [-0.2, -0.15) is 0 Å². The average molecular weight is 444 g/mol. The molecule has 33 heavy (non-hydrogen) atoms. The molecule has 1 amide bonds. The molecule has 1 aromatic carbocycles.